The Hall–Kier alpha value is -2.65. The van der Waals surface area contributed by atoms with Crippen LogP contribution in [0.15, 0.2) is 60.8 Å². The van der Waals surface area contributed by atoms with Gasteiger partial charge in [0.05, 0.1) is 6.61 Å². The monoisotopic (exact) mass is 939 g/mol. The van der Waals surface area contributed by atoms with E-state index in [1.165, 1.54) is 64.2 Å². The molecule has 65 heavy (non-hydrogen) atoms. The van der Waals surface area contributed by atoms with Crippen molar-refractivity contribution in [2.24, 2.45) is 0 Å². The van der Waals surface area contributed by atoms with E-state index in [9.17, 15) is 37.9 Å². The lowest BCUT2D eigenvalue weighted by Gasteiger charge is -2.40. The molecule has 0 aromatic heterocycles. The molecule has 1 rings (SSSR count). The summed E-state index contributed by atoms with van der Waals surface area (Å²) < 4.78 is 54.2. The first-order valence-electron chi connectivity index (χ1n) is 25.3. The third kappa shape index (κ3) is 36.1. The zero-order chi connectivity index (χ0) is 47.6. The highest BCUT2D eigenvalue weighted by Crippen LogP contribution is 2.24. The standard InChI is InChI=1S/C52H90O12S/c1-3-5-7-9-11-13-15-17-19-21-22-23-24-25-27-29-31-33-35-37-39-41-48(54)63-45(43-62-52-51(57)50(56)49(55)46(64-52)44-65(58,59)60)42-61-47(53)40-38-36-34-32-30-28-26-20-18-16-14-12-10-8-6-4-2/h5,7,11,13,17,19-20,22-23,26,45-46,49-52,55-57H,3-4,6,8-10,12,14-16,18,21,24-25,27-44H2,1-2H3,(H,58,59,60)/b7-5-,13-11-,19-17-,23-22-,26-20-. The Labute approximate surface area is 394 Å². The third-order valence-electron chi connectivity index (χ3n) is 11.3. The van der Waals surface area contributed by atoms with Crippen molar-refractivity contribution < 1.29 is 56.8 Å². The highest BCUT2D eigenvalue weighted by molar-refractivity contribution is 7.85. The number of unbranched alkanes of at least 4 members (excludes halogenated alkanes) is 20. The maximum Gasteiger partial charge on any atom is 0.306 e. The number of carbonyl (C=O) groups is 2. The molecule has 1 heterocycles. The van der Waals surface area contributed by atoms with E-state index in [1.54, 1.807) is 0 Å². The second kappa shape index (κ2) is 41.5. The van der Waals surface area contributed by atoms with Gasteiger partial charge < -0.3 is 34.3 Å². The van der Waals surface area contributed by atoms with Crippen LogP contribution in [-0.4, -0.2) is 96.0 Å². The molecule has 0 aliphatic carbocycles. The van der Waals surface area contributed by atoms with Crippen LogP contribution in [0.4, 0.5) is 0 Å². The number of carbonyl (C=O) groups excluding carboxylic acids is 2. The number of rotatable bonds is 42. The fraction of sp³-hybridized carbons (Fsp3) is 0.769. The SMILES string of the molecule is CC/C=C\C/C=C\C/C=C\C/C=C\CCCCCCCCCCC(=O)OC(COC(=O)CCCCCCC/C=C\CCCCCCCCC)COC1OC(CS(=O)(=O)O)C(O)C(O)C1O. The number of esters is 2. The molecule has 0 aromatic rings. The van der Waals surface area contributed by atoms with Gasteiger partial charge in [-0.3, -0.25) is 14.1 Å². The summed E-state index contributed by atoms with van der Waals surface area (Å²) in [4.78, 5) is 25.5. The largest absolute Gasteiger partial charge is 0.462 e. The topological polar surface area (TPSA) is 186 Å². The molecule has 6 unspecified atom stereocenters. The molecular formula is C52H90O12S. The second-order valence-corrected chi connectivity index (χ2v) is 18.9. The van der Waals surface area contributed by atoms with Crippen LogP contribution in [0.25, 0.3) is 0 Å². The molecule has 1 aliphatic rings. The molecule has 0 bridgehead atoms. The van der Waals surface area contributed by atoms with E-state index < -0.39 is 71.2 Å². The molecule has 0 radical (unpaired) electrons. The van der Waals surface area contributed by atoms with Gasteiger partial charge in [0.1, 0.15) is 36.8 Å². The lowest BCUT2D eigenvalue weighted by molar-refractivity contribution is -0.297. The van der Waals surface area contributed by atoms with Crippen LogP contribution in [0.1, 0.15) is 200 Å². The molecule has 12 nitrogen and oxygen atoms in total. The number of ether oxygens (including phenoxy) is 4. The summed E-state index contributed by atoms with van der Waals surface area (Å²) in [5.41, 5.74) is 0. The van der Waals surface area contributed by atoms with Crippen molar-refractivity contribution in [1.29, 1.82) is 0 Å². The third-order valence-corrected chi connectivity index (χ3v) is 12.1. The fourth-order valence-corrected chi connectivity index (χ4v) is 8.12. The van der Waals surface area contributed by atoms with Crippen LogP contribution in [0.2, 0.25) is 0 Å². The summed E-state index contributed by atoms with van der Waals surface area (Å²) in [6.45, 7) is 3.65. The van der Waals surface area contributed by atoms with Gasteiger partial charge in [0, 0.05) is 12.8 Å². The molecule has 0 saturated carbocycles. The summed E-state index contributed by atoms with van der Waals surface area (Å²) in [7, 11) is -4.61. The number of aliphatic hydroxyl groups excluding tert-OH is 3. The Morgan fingerprint density at radius 2 is 0.969 bits per heavy atom. The molecule has 1 fully saturated rings. The normalized spacial score (nSPS) is 20.0. The lowest BCUT2D eigenvalue weighted by Crippen LogP contribution is -2.60. The van der Waals surface area contributed by atoms with Gasteiger partial charge in [-0.1, -0.05) is 171 Å². The van der Waals surface area contributed by atoms with Crippen LogP contribution in [0.5, 0.6) is 0 Å². The predicted molar refractivity (Wildman–Crippen MR) is 261 cm³/mol. The Bertz CT molecular complexity index is 1420. The highest BCUT2D eigenvalue weighted by Gasteiger charge is 2.46. The summed E-state index contributed by atoms with van der Waals surface area (Å²) in [6.07, 6.45) is 42.5. The minimum absolute atomic E-state index is 0.151. The fourth-order valence-electron chi connectivity index (χ4n) is 7.43. The molecule has 0 spiro atoms. The van der Waals surface area contributed by atoms with E-state index in [0.29, 0.717) is 12.8 Å². The maximum absolute atomic E-state index is 12.9. The Kier molecular flexibility index (Phi) is 38.6. The van der Waals surface area contributed by atoms with Crippen molar-refractivity contribution in [2.75, 3.05) is 19.0 Å². The molecular weight excluding hydrogens is 849 g/mol. The molecule has 0 aromatic carbocycles. The summed E-state index contributed by atoms with van der Waals surface area (Å²) in [5, 5.41) is 31.0. The van der Waals surface area contributed by atoms with Crippen molar-refractivity contribution in [1.82, 2.24) is 0 Å². The first-order chi connectivity index (χ1) is 31.5. The average Bonchev–Trinajstić information content (AvgIpc) is 3.27. The van der Waals surface area contributed by atoms with E-state index in [0.717, 1.165) is 96.3 Å². The van der Waals surface area contributed by atoms with E-state index >= 15 is 0 Å². The average molecular weight is 939 g/mol. The zero-order valence-corrected chi connectivity index (χ0v) is 41.1. The van der Waals surface area contributed by atoms with Gasteiger partial charge in [0.25, 0.3) is 10.1 Å². The van der Waals surface area contributed by atoms with Gasteiger partial charge in [0.2, 0.25) is 0 Å². The summed E-state index contributed by atoms with van der Waals surface area (Å²) in [6, 6.07) is 0. The van der Waals surface area contributed by atoms with E-state index in [-0.39, 0.29) is 19.4 Å². The first-order valence-corrected chi connectivity index (χ1v) is 27.0. The van der Waals surface area contributed by atoms with Crippen LogP contribution in [0.3, 0.4) is 0 Å². The smallest absolute Gasteiger partial charge is 0.306 e. The minimum Gasteiger partial charge on any atom is -0.462 e. The Balaban J connectivity index is 2.40. The number of aliphatic hydroxyl groups is 3. The number of allylic oxidation sites excluding steroid dienone is 10. The van der Waals surface area contributed by atoms with Crippen LogP contribution in [0, 0.1) is 0 Å². The van der Waals surface area contributed by atoms with Crippen molar-refractivity contribution in [3.05, 3.63) is 60.8 Å². The van der Waals surface area contributed by atoms with Gasteiger partial charge in [-0.25, -0.2) is 0 Å². The van der Waals surface area contributed by atoms with Crippen LogP contribution >= 0.6 is 0 Å². The number of hydrogen-bond acceptors (Lipinski definition) is 11. The van der Waals surface area contributed by atoms with E-state index in [4.69, 9.17) is 18.9 Å². The maximum atomic E-state index is 12.9. The minimum atomic E-state index is -4.61. The van der Waals surface area contributed by atoms with Gasteiger partial charge in [0.15, 0.2) is 12.4 Å². The highest BCUT2D eigenvalue weighted by atomic mass is 32.2. The predicted octanol–water partition coefficient (Wildman–Crippen LogP) is 11.3. The van der Waals surface area contributed by atoms with Crippen molar-refractivity contribution in [2.45, 2.75) is 237 Å². The van der Waals surface area contributed by atoms with E-state index in [1.807, 2.05) is 0 Å². The van der Waals surface area contributed by atoms with Crippen molar-refractivity contribution in [3.63, 3.8) is 0 Å². The quantitative estimate of drug-likeness (QED) is 0.0197. The molecule has 4 N–H and O–H groups in total. The van der Waals surface area contributed by atoms with Crippen molar-refractivity contribution in [3.8, 4) is 0 Å². The van der Waals surface area contributed by atoms with Gasteiger partial charge in [-0.15, -0.1) is 0 Å². The van der Waals surface area contributed by atoms with Crippen LogP contribution < -0.4 is 0 Å². The number of hydrogen-bond donors (Lipinski definition) is 4. The summed E-state index contributed by atoms with van der Waals surface area (Å²) in [5.74, 6) is -2.01. The first kappa shape index (κ1) is 60.4. The molecule has 1 aliphatic heterocycles. The van der Waals surface area contributed by atoms with Gasteiger partial charge >= 0.3 is 11.9 Å². The summed E-state index contributed by atoms with van der Waals surface area (Å²) >= 11 is 0. The molecule has 376 valence electrons. The second-order valence-electron chi connectivity index (χ2n) is 17.4. The molecule has 6 atom stereocenters. The Morgan fingerprint density at radius 3 is 1.46 bits per heavy atom. The van der Waals surface area contributed by atoms with Crippen molar-refractivity contribution >= 4 is 22.1 Å². The zero-order valence-electron chi connectivity index (χ0n) is 40.3. The van der Waals surface area contributed by atoms with Crippen LogP contribution in [-0.2, 0) is 38.7 Å². The Morgan fingerprint density at radius 1 is 0.538 bits per heavy atom. The van der Waals surface area contributed by atoms with E-state index in [2.05, 4.69) is 74.6 Å². The lowest BCUT2D eigenvalue weighted by atomic mass is 10.00. The van der Waals surface area contributed by atoms with Gasteiger partial charge in [-0.2, -0.15) is 8.42 Å². The molecule has 0 amide bonds. The molecule has 13 heteroatoms. The van der Waals surface area contributed by atoms with Gasteiger partial charge in [-0.05, 0) is 77.0 Å². The molecule has 1 saturated heterocycles.